The number of aliphatic hydroxyl groups is 5. The largest absolute Gasteiger partial charge is 0.394 e. The molecule has 5 atom stereocenters. The fourth-order valence-electron chi connectivity index (χ4n) is 1.33. The van der Waals surface area contributed by atoms with Gasteiger partial charge in [0.2, 0.25) is 5.79 Å². The second-order valence-electron chi connectivity index (χ2n) is 3.24. The Bertz CT molecular complexity index is 201. The van der Waals surface area contributed by atoms with Gasteiger partial charge in [-0.1, -0.05) is 22.6 Å². The van der Waals surface area contributed by atoms with Crippen LogP contribution in [0.4, 0.5) is 0 Å². The lowest BCUT2D eigenvalue weighted by Gasteiger charge is -2.44. The van der Waals surface area contributed by atoms with E-state index < -0.39 is 36.8 Å². The molecule has 0 spiro atoms. The van der Waals surface area contributed by atoms with E-state index in [4.69, 9.17) is 9.84 Å². The van der Waals surface area contributed by atoms with Gasteiger partial charge in [-0.3, -0.25) is 0 Å². The van der Waals surface area contributed by atoms with E-state index in [1.165, 1.54) is 0 Å². The van der Waals surface area contributed by atoms with Gasteiger partial charge in [0.15, 0.2) is 0 Å². The van der Waals surface area contributed by atoms with Crippen LogP contribution in [0.1, 0.15) is 0 Å². The summed E-state index contributed by atoms with van der Waals surface area (Å²) in [7, 11) is 0. The third-order valence-corrected chi connectivity index (χ3v) is 3.34. The number of halogens is 1. The first-order valence-electron chi connectivity index (χ1n) is 4.07. The summed E-state index contributed by atoms with van der Waals surface area (Å²) in [4.78, 5) is 0. The van der Waals surface area contributed by atoms with Crippen LogP contribution < -0.4 is 0 Å². The molecule has 6 nitrogen and oxygen atoms in total. The van der Waals surface area contributed by atoms with Gasteiger partial charge in [0.1, 0.15) is 24.4 Å². The molecule has 1 aliphatic heterocycles. The highest BCUT2D eigenvalue weighted by Crippen LogP contribution is 2.29. The zero-order chi connectivity index (χ0) is 10.9. The van der Waals surface area contributed by atoms with Crippen LogP contribution in [0, 0.1) is 0 Å². The van der Waals surface area contributed by atoms with Gasteiger partial charge < -0.3 is 30.3 Å². The van der Waals surface area contributed by atoms with Crippen LogP contribution in [0.5, 0.6) is 0 Å². The molecule has 1 aliphatic rings. The highest BCUT2D eigenvalue weighted by molar-refractivity contribution is 14.1. The predicted molar refractivity (Wildman–Crippen MR) is 53.8 cm³/mol. The van der Waals surface area contributed by atoms with Crippen LogP contribution in [0.2, 0.25) is 0 Å². The summed E-state index contributed by atoms with van der Waals surface area (Å²) in [6, 6.07) is 0. The Morgan fingerprint density at radius 1 is 1.21 bits per heavy atom. The zero-order valence-corrected chi connectivity index (χ0v) is 9.40. The molecule has 84 valence electrons. The SMILES string of the molecule is OC[C@H]1O[C@](O)(C[131I])[C@@H](O)[C@@H](O)[C@@H]1O. The Balaban J connectivity index is 2.84. The summed E-state index contributed by atoms with van der Waals surface area (Å²) in [5, 5.41) is 46.6. The van der Waals surface area contributed by atoms with Gasteiger partial charge in [0.05, 0.1) is 11.0 Å². The summed E-state index contributed by atoms with van der Waals surface area (Å²) in [6.07, 6.45) is -5.61. The molecule has 7 heteroatoms. The summed E-state index contributed by atoms with van der Waals surface area (Å²) in [6.45, 7) is -0.538. The topological polar surface area (TPSA) is 110 Å². The van der Waals surface area contributed by atoms with Gasteiger partial charge in [0.25, 0.3) is 0 Å². The van der Waals surface area contributed by atoms with Gasteiger partial charge in [0, 0.05) is 0 Å². The fraction of sp³-hybridized carbons (Fsp3) is 1.00. The lowest BCUT2D eigenvalue weighted by atomic mass is 9.94. The molecule has 0 aromatic heterocycles. The van der Waals surface area contributed by atoms with E-state index in [9.17, 15) is 20.4 Å². The molecule has 0 unspecified atom stereocenters. The Labute approximate surface area is 94.3 Å². The fourth-order valence-corrected chi connectivity index (χ4v) is 1.96. The summed E-state index contributed by atoms with van der Waals surface area (Å²) in [5.41, 5.74) is 0. The van der Waals surface area contributed by atoms with Crippen LogP contribution in [0.15, 0.2) is 0 Å². The molecule has 0 aromatic rings. The Morgan fingerprint density at radius 2 is 1.79 bits per heavy atom. The van der Waals surface area contributed by atoms with E-state index in [-0.39, 0.29) is 4.43 Å². The Hall–Kier alpha value is 0.490. The molecular weight excluding hydrogens is 311 g/mol. The Morgan fingerprint density at radius 3 is 2.21 bits per heavy atom. The molecule has 0 radical (unpaired) electrons. The van der Waals surface area contributed by atoms with Crippen molar-refractivity contribution in [1.29, 1.82) is 0 Å². The second kappa shape index (κ2) is 4.56. The molecule has 14 heavy (non-hydrogen) atoms. The third-order valence-electron chi connectivity index (χ3n) is 2.24. The molecular formula is C7H13IO6. The van der Waals surface area contributed by atoms with Crippen LogP contribution in [0.3, 0.4) is 0 Å². The minimum atomic E-state index is -1.92. The van der Waals surface area contributed by atoms with Crippen molar-refractivity contribution in [3.63, 3.8) is 0 Å². The smallest absolute Gasteiger partial charge is 0.204 e. The van der Waals surface area contributed by atoms with Crippen molar-refractivity contribution < 1.29 is 30.3 Å². The van der Waals surface area contributed by atoms with Crippen molar-refractivity contribution in [2.24, 2.45) is 0 Å². The molecule has 1 saturated heterocycles. The van der Waals surface area contributed by atoms with Crippen LogP contribution in [-0.2, 0) is 4.74 Å². The standard InChI is InChI=1S/C7H13IO6/c8-2-7(13)6(12)5(11)4(10)3(1-9)14-7/h3-6,9-13H,1-2H2/t3-,4-,5+,6+,7-/m1/s1/i8+4. The lowest BCUT2D eigenvalue weighted by Crippen LogP contribution is -2.65. The number of rotatable bonds is 2. The van der Waals surface area contributed by atoms with Crippen LogP contribution in [-0.4, -0.2) is 66.8 Å². The first kappa shape index (κ1) is 12.6. The van der Waals surface area contributed by atoms with Gasteiger partial charge in [-0.05, 0) is 0 Å². The van der Waals surface area contributed by atoms with Crippen molar-refractivity contribution >= 4 is 22.6 Å². The minimum absolute atomic E-state index is 0.0200. The van der Waals surface area contributed by atoms with Crippen molar-refractivity contribution in [3.8, 4) is 0 Å². The summed E-state index contributed by atoms with van der Waals surface area (Å²) in [5.74, 6) is -1.92. The maximum absolute atomic E-state index is 9.68. The van der Waals surface area contributed by atoms with Gasteiger partial charge in [-0.25, -0.2) is 0 Å². The molecule has 0 amide bonds. The zero-order valence-electron chi connectivity index (χ0n) is 7.25. The lowest BCUT2D eigenvalue weighted by molar-refractivity contribution is -0.337. The molecule has 5 N–H and O–H groups in total. The maximum atomic E-state index is 9.68. The van der Waals surface area contributed by atoms with Crippen molar-refractivity contribution in [2.75, 3.05) is 11.0 Å². The molecule has 0 saturated carbocycles. The van der Waals surface area contributed by atoms with E-state index >= 15 is 0 Å². The normalized spacial score (nSPS) is 49.3. The van der Waals surface area contributed by atoms with E-state index in [1.54, 1.807) is 22.6 Å². The average molecular weight is 324 g/mol. The number of ether oxygens (including phenoxy) is 1. The third kappa shape index (κ3) is 2.03. The number of aliphatic hydroxyl groups excluding tert-OH is 4. The predicted octanol–water partition coefficient (Wildman–Crippen LogP) is -2.42. The monoisotopic (exact) mass is 324 g/mol. The van der Waals surface area contributed by atoms with Gasteiger partial charge in [-0.2, -0.15) is 0 Å². The molecule has 0 bridgehead atoms. The van der Waals surface area contributed by atoms with E-state index in [2.05, 4.69) is 0 Å². The molecule has 0 aliphatic carbocycles. The first-order chi connectivity index (χ1) is 6.46. The molecule has 1 fully saturated rings. The van der Waals surface area contributed by atoms with E-state index in [0.29, 0.717) is 0 Å². The molecule has 0 aromatic carbocycles. The van der Waals surface area contributed by atoms with Crippen molar-refractivity contribution in [3.05, 3.63) is 0 Å². The van der Waals surface area contributed by atoms with Crippen molar-refractivity contribution in [2.45, 2.75) is 30.2 Å². The minimum Gasteiger partial charge on any atom is -0.394 e. The number of alkyl halides is 1. The number of hydrogen-bond donors (Lipinski definition) is 5. The van der Waals surface area contributed by atoms with E-state index in [1.807, 2.05) is 0 Å². The van der Waals surface area contributed by atoms with Gasteiger partial charge in [-0.15, -0.1) is 0 Å². The van der Waals surface area contributed by atoms with Crippen molar-refractivity contribution in [1.82, 2.24) is 0 Å². The maximum Gasteiger partial charge on any atom is 0.204 e. The highest BCUT2D eigenvalue weighted by atomic mass is 131. The number of hydrogen-bond acceptors (Lipinski definition) is 6. The highest BCUT2D eigenvalue weighted by Gasteiger charge is 2.51. The quantitative estimate of drug-likeness (QED) is 0.286. The average Bonchev–Trinajstić information content (AvgIpc) is 2.20. The van der Waals surface area contributed by atoms with Gasteiger partial charge >= 0.3 is 0 Å². The molecule has 1 rings (SSSR count). The molecule has 1 heterocycles. The second-order valence-corrected chi connectivity index (χ2v) is 4.01. The van der Waals surface area contributed by atoms with Crippen LogP contribution in [0.25, 0.3) is 0 Å². The van der Waals surface area contributed by atoms with Crippen LogP contribution >= 0.6 is 22.6 Å². The first-order valence-corrected chi connectivity index (χ1v) is 5.60. The van der Waals surface area contributed by atoms with E-state index in [0.717, 1.165) is 0 Å². The Kier molecular flexibility index (Phi) is 4.09. The summed E-state index contributed by atoms with van der Waals surface area (Å²) < 4.78 is 4.93. The summed E-state index contributed by atoms with van der Waals surface area (Å²) >= 11 is 1.77.